The molecule has 16 heavy (non-hydrogen) atoms. The molecule has 1 aromatic heterocycles. The van der Waals surface area contributed by atoms with E-state index in [1.165, 1.54) is 16.9 Å². The van der Waals surface area contributed by atoms with E-state index in [1.54, 1.807) is 5.51 Å². The van der Waals surface area contributed by atoms with Gasteiger partial charge in [-0.05, 0) is 18.9 Å². The first-order valence-corrected chi connectivity index (χ1v) is 6.12. The number of carbonyl (C=O) groups excluding carboxylic acids is 1. The fourth-order valence-electron chi connectivity index (χ4n) is 1.59. The molecular formula is C13H13NOS. The van der Waals surface area contributed by atoms with E-state index in [1.807, 2.05) is 37.3 Å². The molecule has 2 rings (SSSR count). The molecule has 0 amide bonds. The Hall–Kier alpha value is -1.48. The van der Waals surface area contributed by atoms with Crippen molar-refractivity contribution in [3.05, 3.63) is 52.0 Å². The van der Waals surface area contributed by atoms with Crippen molar-refractivity contribution in [1.82, 2.24) is 4.98 Å². The number of rotatable bonds is 4. The van der Waals surface area contributed by atoms with Crippen molar-refractivity contribution in [3.8, 4) is 0 Å². The second-order valence-corrected chi connectivity index (χ2v) is 4.53. The number of thiazole rings is 1. The summed E-state index contributed by atoms with van der Waals surface area (Å²) in [5, 5.41) is 0. The van der Waals surface area contributed by atoms with E-state index >= 15 is 0 Å². The molecule has 0 spiro atoms. The van der Waals surface area contributed by atoms with Crippen LogP contribution in [-0.2, 0) is 6.42 Å². The Morgan fingerprint density at radius 1 is 1.31 bits per heavy atom. The Bertz CT molecular complexity index is 476. The summed E-state index contributed by atoms with van der Waals surface area (Å²) in [6.07, 6.45) is 1.37. The van der Waals surface area contributed by atoms with Crippen LogP contribution in [0.25, 0.3) is 0 Å². The maximum absolute atomic E-state index is 11.9. The smallest absolute Gasteiger partial charge is 0.175 e. The monoisotopic (exact) mass is 231 g/mol. The van der Waals surface area contributed by atoms with Crippen LogP contribution in [0.2, 0.25) is 0 Å². The molecule has 0 unspecified atom stereocenters. The fraction of sp³-hybridized carbons (Fsp3) is 0.231. The van der Waals surface area contributed by atoms with Gasteiger partial charge in [0.25, 0.3) is 0 Å². The summed E-state index contributed by atoms with van der Waals surface area (Å²) < 4.78 is 0. The number of Topliss-reactive ketones (excluding diaryl/α,β-unsaturated/α-hetero) is 1. The SMILES string of the molecule is Cc1ncsc1C(=O)CCc1ccccc1. The largest absolute Gasteiger partial charge is 0.293 e. The topological polar surface area (TPSA) is 30.0 Å². The summed E-state index contributed by atoms with van der Waals surface area (Å²) in [6, 6.07) is 10.1. The van der Waals surface area contributed by atoms with Gasteiger partial charge in [0.15, 0.2) is 5.78 Å². The molecule has 82 valence electrons. The Labute approximate surface area is 99.0 Å². The maximum Gasteiger partial charge on any atom is 0.175 e. The summed E-state index contributed by atoms with van der Waals surface area (Å²) in [5.41, 5.74) is 3.78. The molecule has 0 saturated heterocycles. The zero-order valence-electron chi connectivity index (χ0n) is 9.14. The highest BCUT2D eigenvalue weighted by Gasteiger charge is 2.11. The summed E-state index contributed by atoms with van der Waals surface area (Å²) in [5.74, 6) is 0.198. The Kier molecular flexibility index (Phi) is 3.47. The van der Waals surface area contributed by atoms with Gasteiger partial charge in [0.1, 0.15) is 0 Å². The van der Waals surface area contributed by atoms with Gasteiger partial charge in [0, 0.05) is 6.42 Å². The normalized spacial score (nSPS) is 10.3. The van der Waals surface area contributed by atoms with Gasteiger partial charge in [0.05, 0.1) is 16.1 Å². The zero-order chi connectivity index (χ0) is 11.4. The quantitative estimate of drug-likeness (QED) is 0.756. The lowest BCUT2D eigenvalue weighted by molar-refractivity contribution is 0.0986. The first-order chi connectivity index (χ1) is 7.77. The first-order valence-electron chi connectivity index (χ1n) is 5.24. The number of carbonyl (C=O) groups is 1. The van der Waals surface area contributed by atoms with E-state index in [9.17, 15) is 4.79 Å². The highest BCUT2D eigenvalue weighted by Crippen LogP contribution is 2.15. The lowest BCUT2D eigenvalue weighted by Crippen LogP contribution is -2.00. The van der Waals surface area contributed by atoms with Crippen LogP contribution in [0.3, 0.4) is 0 Å². The predicted molar refractivity (Wildman–Crippen MR) is 65.9 cm³/mol. The molecule has 2 aromatic rings. The average Bonchev–Trinajstić information content (AvgIpc) is 2.74. The van der Waals surface area contributed by atoms with E-state index in [0.717, 1.165) is 17.0 Å². The summed E-state index contributed by atoms with van der Waals surface area (Å²) in [6.45, 7) is 1.88. The van der Waals surface area contributed by atoms with Crippen molar-refractivity contribution in [2.75, 3.05) is 0 Å². The Morgan fingerprint density at radius 3 is 2.69 bits per heavy atom. The molecule has 0 bridgehead atoms. The number of ketones is 1. The average molecular weight is 231 g/mol. The molecule has 0 radical (unpaired) electrons. The van der Waals surface area contributed by atoms with Gasteiger partial charge in [-0.1, -0.05) is 30.3 Å². The van der Waals surface area contributed by atoms with Gasteiger partial charge < -0.3 is 0 Å². The highest BCUT2D eigenvalue weighted by molar-refractivity contribution is 7.11. The number of benzene rings is 1. The van der Waals surface area contributed by atoms with Gasteiger partial charge >= 0.3 is 0 Å². The van der Waals surface area contributed by atoms with Gasteiger partial charge in [-0.25, -0.2) is 4.98 Å². The van der Waals surface area contributed by atoms with E-state index in [4.69, 9.17) is 0 Å². The highest BCUT2D eigenvalue weighted by atomic mass is 32.1. The molecule has 2 nitrogen and oxygen atoms in total. The first kappa shape index (κ1) is 11.0. The van der Waals surface area contributed by atoms with Crippen molar-refractivity contribution in [1.29, 1.82) is 0 Å². The van der Waals surface area contributed by atoms with Crippen LogP contribution < -0.4 is 0 Å². The van der Waals surface area contributed by atoms with Crippen LogP contribution in [0.5, 0.6) is 0 Å². The van der Waals surface area contributed by atoms with Crippen molar-refractivity contribution in [2.45, 2.75) is 19.8 Å². The van der Waals surface area contributed by atoms with Gasteiger partial charge in [-0.3, -0.25) is 4.79 Å². The number of aromatic nitrogens is 1. The Balaban J connectivity index is 1.97. The van der Waals surface area contributed by atoms with Gasteiger partial charge in [0.2, 0.25) is 0 Å². The maximum atomic E-state index is 11.9. The van der Waals surface area contributed by atoms with Crippen molar-refractivity contribution >= 4 is 17.1 Å². The fourth-order valence-corrected chi connectivity index (χ4v) is 2.36. The molecule has 0 saturated carbocycles. The van der Waals surface area contributed by atoms with Gasteiger partial charge in [-0.2, -0.15) is 0 Å². The van der Waals surface area contributed by atoms with E-state index < -0.39 is 0 Å². The van der Waals surface area contributed by atoms with E-state index in [-0.39, 0.29) is 5.78 Å². The second-order valence-electron chi connectivity index (χ2n) is 3.68. The minimum atomic E-state index is 0.198. The predicted octanol–water partition coefficient (Wildman–Crippen LogP) is 3.27. The number of aryl methyl sites for hydroxylation is 2. The van der Waals surface area contributed by atoms with Crippen LogP contribution in [0.15, 0.2) is 35.8 Å². The van der Waals surface area contributed by atoms with Crippen molar-refractivity contribution in [3.63, 3.8) is 0 Å². The number of hydrogen-bond donors (Lipinski definition) is 0. The minimum absolute atomic E-state index is 0.198. The molecular weight excluding hydrogens is 218 g/mol. The van der Waals surface area contributed by atoms with E-state index in [0.29, 0.717) is 6.42 Å². The number of nitrogens with zero attached hydrogens (tertiary/aromatic N) is 1. The summed E-state index contributed by atoms with van der Waals surface area (Å²) in [7, 11) is 0. The third-order valence-electron chi connectivity index (χ3n) is 2.48. The summed E-state index contributed by atoms with van der Waals surface area (Å²) >= 11 is 1.43. The molecule has 0 aliphatic rings. The van der Waals surface area contributed by atoms with E-state index in [2.05, 4.69) is 4.98 Å². The third-order valence-corrected chi connectivity index (χ3v) is 3.45. The molecule has 0 aliphatic heterocycles. The molecule has 1 heterocycles. The van der Waals surface area contributed by atoms with Crippen molar-refractivity contribution < 1.29 is 4.79 Å². The molecule has 0 aliphatic carbocycles. The number of hydrogen-bond acceptors (Lipinski definition) is 3. The molecule has 3 heteroatoms. The standard InChI is InChI=1S/C13H13NOS/c1-10-13(16-9-14-10)12(15)8-7-11-5-3-2-4-6-11/h2-6,9H,7-8H2,1H3. The lowest BCUT2D eigenvalue weighted by atomic mass is 10.1. The van der Waals surface area contributed by atoms with Gasteiger partial charge in [-0.15, -0.1) is 11.3 Å². The zero-order valence-corrected chi connectivity index (χ0v) is 9.96. The molecule has 0 atom stereocenters. The van der Waals surface area contributed by atoms with Crippen LogP contribution in [0, 0.1) is 6.92 Å². The van der Waals surface area contributed by atoms with Crippen molar-refractivity contribution in [2.24, 2.45) is 0 Å². The molecule has 0 N–H and O–H groups in total. The van der Waals surface area contributed by atoms with Crippen LogP contribution in [0.4, 0.5) is 0 Å². The minimum Gasteiger partial charge on any atom is -0.293 e. The molecule has 1 aromatic carbocycles. The third kappa shape index (κ3) is 2.55. The van der Waals surface area contributed by atoms with Crippen LogP contribution >= 0.6 is 11.3 Å². The molecule has 0 fully saturated rings. The van der Waals surface area contributed by atoms with Crippen LogP contribution in [0.1, 0.15) is 27.3 Å². The lowest BCUT2D eigenvalue weighted by Gasteiger charge is -2.00. The van der Waals surface area contributed by atoms with Crippen LogP contribution in [-0.4, -0.2) is 10.8 Å². The second kappa shape index (κ2) is 5.03. The summed E-state index contributed by atoms with van der Waals surface area (Å²) in [4.78, 5) is 16.8. The Morgan fingerprint density at radius 2 is 2.06 bits per heavy atom.